The summed E-state index contributed by atoms with van der Waals surface area (Å²) < 4.78 is 2.46. The topological polar surface area (TPSA) is 64.1 Å². The van der Waals surface area contributed by atoms with Crippen LogP contribution in [0.3, 0.4) is 0 Å². The number of nitrogens with zero attached hydrogens (tertiary/aromatic N) is 2. The van der Waals surface area contributed by atoms with Gasteiger partial charge in [-0.2, -0.15) is 11.8 Å². The molecule has 5 heteroatoms. The zero-order valence-electron chi connectivity index (χ0n) is 9.59. The smallest absolute Gasteiger partial charge is 0.0949 e. The van der Waals surface area contributed by atoms with Crippen LogP contribution in [0.4, 0.5) is 0 Å². The fraction of sp³-hybridized carbons (Fsp3) is 0.727. The van der Waals surface area contributed by atoms with Gasteiger partial charge in [0.25, 0.3) is 0 Å². The molecule has 2 rings (SSSR count). The lowest BCUT2D eigenvalue weighted by Crippen LogP contribution is -2.38. The Labute approximate surface area is 100 Å². The van der Waals surface area contributed by atoms with Crippen LogP contribution < -0.4 is 5.73 Å². The van der Waals surface area contributed by atoms with Gasteiger partial charge < -0.3 is 15.4 Å². The molecule has 1 heterocycles. The van der Waals surface area contributed by atoms with E-state index in [2.05, 4.69) is 15.8 Å². The first-order chi connectivity index (χ1) is 7.71. The normalized spacial score (nSPS) is 20.4. The maximum Gasteiger partial charge on any atom is 0.0949 e. The van der Waals surface area contributed by atoms with Crippen LogP contribution in [0.2, 0.25) is 0 Å². The maximum absolute atomic E-state index is 9.09. The second kappa shape index (κ2) is 4.77. The molecule has 0 saturated heterocycles. The molecule has 0 bridgehead atoms. The molecule has 0 aromatic carbocycles. The number of nitrogens with two attached hydrogens (primary N) is 1. The minimum atomic E-state index is -0.318. The molecule has 1 aliphatic carbocycles. The van der Waals surface area contributed by atoms with Gasteiger partial charge in [0.05, 0.1) is 24.7 Å². The van der Waals surface area contributed by atoms with Gasteiger partial charge in [-0.25, -0.2) is 4.98 Å². The van der Waals surface area contributed by atoms with E-state index in [1.807, 2.05) is 18.1 Å². The van der Waals surface area contributed by atoms with Gasteiger partial charge in [0, 0.05) is 17.5 Å². The van der Waals surface area contributed by atoms with Crippen molar-refractivity contribution in [2.75, 3.05) is 12.9 Å². The summed E-state index contributed by atoms with van der Waals surface area (Å²) in [6.07, 6.45) is 9.59. The molecular formula is C11H19N3OS. The quantitative estimate of drug-likeness (QED) is 0.812. The van der Waals surface area contributed by atoms with Crippen LogP contribution in [0.1, 0.15) is 31.0 Å². The molecule has 1 aliphatic rings. The van der Waals surface area contributed by atoms with Crippen molar-refractivity contribution in [3.63, 3.8) is 0 Å². The standard InChI is InChI=1S/C11H19N3OS/c1-16-11(3-2-4-11)7-14-8-13-5-10(14)9(12)6-15/h5,8-9,15H,2-4,6-7,12H2,1H3. The Bertz CT molecular complexity index is 343. The van der Waals surface area contributed by atoms with Crippen molar-refractivity contribution in [3.8, 4) is 0 Å². The molecule has 4 nitrogen and oxygen atoms in total. The average molecular weight is 241 g/mol. The van der Waals surface area contributed by atoms with Crippen molar-refractivity contribution in [2.45, 2.75) is 36.6 Å². The summed E-state index contributed by atoms with van der Waals surface area (Å²) in [4.78, 5) is 4.13. The molecule has 90 valence electrons. The zero-order valence-corrected chi connectivity index (χ0v) is 10.4. The van der Waals surface area contributed by atoms with Crippen LogP contribution in [0, 0.1) is 0 Å². The molecular weight excluding hydrogens is 222 g/mol. The van der Waals surface area contributed by atoms with Gasteiger partial charge in [-0.1, -0.05) is 6.42 Å². The number of rotatable bonds is 5. The van der Waals surface area contributed by atoms with Crippen LogP contribution in [0.25, 0.3) is 0 Å². The van der Waals surface area contributed by atoms with Crippen LogP contribution >= 0.6 is 11.8 Å². The second-order valence-corrected chi connectivity index (χ2v) is 5.75. The summed E-state index contributed by atoms with van der Waals surface area (Å²) in [7, 11) is 0. The van der Waals surface area contributed by atoms with E-state index in [0.717, 1.165) is 12.2 Å². The van der Waals surface area contributed by atoms with Crippen molar-refractivity contribution in [1.82, 2.24) is 9.55 Å². The predicted molar refractivity (Wildman–Crippen MR) is 66.3 cm³/mol. The Kier molecular flexibility index (Phi) is 3.56. The van der Waals surface area contributed by atoms with Crippen molar-refractivity contribution >= 4 is 11.8 Å². The number of aliphatic hydroxyl groups excluding tert-OH is 1. The van der Waals surface area contributed by atoms with E-state index >= 15 is 0 Å². The molecule has 0 spiro atoms. The molecule has 0 aliphatic heterocycles. The van der Waals surface area contributed by atoms with Crippen LogP contribution in [0.15, 0.2) is 12.5 Å². The number of aliphatic hydroxyl groups is 1. The second-order valence-electron chi connectivity index (χ2n) is 4.48. The molecule has 1 atom stereocenters. The Hall–Kier alpha value is -0.520. The lowest BCUT2D eigenvalue weighted by molar-refractivity contribution is 0.258. The highest BCUT2D eigenvalue weighted by Gasteiger charge is 2.36. The van der Waals surface area contributed by atoms with E-state index in [0.29, 0.717) is 4.75 Å². The van der Waals surface area contributed by atoms with Crippen molar-refractivity contribution in [1.29, 1.82) is 0 Å². The van der Waals surface area contributed by atoms with E-state index < -0.39 is 0 Å². The summed E-state index contributed by atoms with van der Waals surface area (Å²) in [5.41, 5.74) is 6.77. The van der Waals surface area contributed by atoms with Crippen molar-refractivity contribution in [3.05, 3.63) is 18.2 Å². The van der Waals surface area contributed by atoms with Gasteiger partial charge >= 0.3 is 0 Å². The highest BCUT2D eigenvalue weighted by molar-refractivity contribution is 8.00. The first-order valence-electron chi connectivity index (χ1n) is 5.62. The van der Waals surface area contributed by atoms with E-state index in [1.54, 1.807) is 6.20 Å². The van der Waals surface area contributed by atoms with E-state index in [4.69, 9.17) is 10.8 Å². The summed E-state index contributed by atoms with van der Waals surface area (Å²) in [5, 5.41) is 9.09. The van der Waals surface area contributed by atoms with E-state index in [-0.39, 0.29) is 12.6 Å². The zero-order chi connectivity index (χ0) is 11.6. The number of hydrogen-bond acceptors (Lipinski definition) is 4. The number of thioether (sulfide) groups is 1. The van der Waals surface area contributed by atoms with E-state index in [9.17, 15) is 0 Å². The summed E-state index contributed by atoms with van der Waals surface area (Å²) in [6, 6.07) is -0.318. The molecule has 1 fully saturated rings. The first-order valence-corrected chi connectivity index (χ1v) is 6.85. The fourth-order valence-corrected chi connectivity index (χ4v) is 3.14. The van der Waals surface area contributed by atoms with Gasteiger partial charge in [0.1, 0.15) is 0 Å². The first kappa shape index (κ1) is 12.0. The molecule has 1 aromatic rings. The van der Waals surface area contributed by atoms with Crippen LogP contribution in [0.5, 0.6) is 0 Å². The summed E-state index contributed by atoms with van der Waals surface area (Å²) >= 11 is 1.93. The number of hydrogen-bond donors (Lipinski definition) is 2. The van der Waals surface area contributed by atoms with Gasteiger partial charge in [0.2, 0.25) is 0 Å². The molecule has 1 saturated carbocycles. The minimum absolute atomic E-state index is 0.0298. The lowest BCUT2D eigenvalue weighted by atomic mass is 9.84. The van der Waals surface area contributed by atoms with Crippen molar-refractivity contribution in [2.24, 2.45) is 5.73 Å². The van der Waals surface area contributed by atoms with Gasteiger partial charge in [-0.15, -0.1) is 0 Å². The largest absolute Gasteiger partial charge is 0.394 e. The SMILES string of the molecule is CSC1(Cn2cncc2C(N)CO)CCC1. The monoisotopic (exact) mass is 241 g/mol. The maximum atomic E-state index is 9.09. The third-order valence-corrected chi connectivity index (χ3v) is 4.88. The van der Waals surface area contributed by atoms with Crippen LogP contribution in [-0.4, -0.2) is 32.3 Å². The highest BCUT2D eigenvalue weighted by Crippen LogP contribution is 2.44. The number of aromatic nitrogens is 2. The molecule has 3 N–H and O–H groups in total. The lowest BCUT2D eigenvalue weighted by Gasteiger charge is -2.41. The summed E-state index contributed by atoms with van der Waals surface area (Å²) in [6.45, 7) is 0.926. The number of imidazole rings is 1. The third kappa shape index (κ3) is 2.12. The average Bonchev–Trinajstić information content (AvgIpc) is 2.70. The summed E-state index contributed by atoms with van der Waals surface area (Å²) in [5.74, 6) is 0. The Morgan fingerprint density at radius 3 is 2.94 bits per heavy atom. The fourth-order valence-electron chi connectivity index (χ4n) is 2.17. The molecule has 0 radical (unpaired) electrons. The Morgan fingerprint density at radius 1 is 1.69 bits per heavy atom. The highest BCUT2D eigenvalue weighted by atomic mass is 32.2. The molecule has 16 heavy (non-hydrogen) atoms. The minimum Gasteiger partial charge on any atom is -0.394 e. The third-order valence-electron chi connectivity index (χ3n) is 3.48. The van der Waals surface area contributed by atoms with Crippen molar-refractivity contribution < 1.29 is 5.11 Å². The Balaban J connectivity index is 2.12. The molecule has 1 aromatic heterocycles. The Morgan fingerprint density at radius 2 is 2.44 bits per heavy atom. The van der Waals surface area contributed by atoms with Gasteiger partial charge in [-0.05, 0) is 19.1 Å². The van der Waals surface area contributed by atoms with E-state index in [1.165, 1.54) is 19.3 Å². The molecule has 1 unspecified atom stereocenters. The molecule has 0 amide bonds. The predicted octanol–water partition coefficient (Wildman–Crippen LogP) is 1.16. The van der Waals surface area contributed by atoms with Crippen LogP contribution in [-0.2, 0) is 6.54 Å². The van der Waals surface area contributed by atoms with Gasteiger partial charge in [0.15, 0.2) is 0 Å². The van der Waals surface area contributed by atoms with Gasteiger partial charge in [-0.3, -0.25) is 0 Å².